The van der Waals surface area contributed by atoms with Gasteiger partial charge in [-0.3, -0.25) is 4.79 Å². The lowest BCUT2D eigenvalue weighted by molar-refractivity contribution is -0.119. The molecule has 0 unspecified atom stereocenters. The molecule has 0 saturated heterocycles. The first-order chi connectivity index (χ1) is 9.27. The number of rotatable bonds is 9. The molecule has 0 atom stereocenters. The number of ether oxygens (including phenoxy) is 2. The molecule has 0 aliphatic carbocycles. The predicted octanol–water partition coefficient (Wildman–Crippen LogP) is 1.05. The molecule has 5 heteroatoms. The Morgan fingerprint density at radius 1 is 1.16 bits per heavy atom. The Balaban J connectivity index is 2.41. The Labute approximate surface area is 114 Å². The molecule has 5 nitrogen and oxygen atoms in total. The molecule has 0 fully saturated rings. The van der Waals surface area contributed by atoms with Gasteiger partial charge in [0, 0.05) is 26.5 Å². The van der Waals surface area contributed by atoms with Gasteiger partial charge >= 0.3 is 0 Å². The molecule has 0 radical (unpaired) electrons. The maximum absolute atomic E-state index is 11.6. The molecule has 1 rings (SSSR count). The SMILES string of the molecule is COCCNC(=O)CNc1ccccc1CCOC. The highest BCUT2D eigenvalue weighted by atomic mass is 16.5. The largest absolute Gasteiger partial charge is 0.384 e. The third kappa shape index (κ3) is 6.22. The van der Waals surface area contributed by atoms with E-state index in [1.807, 2.05) is 24.3 Å². The molecule has 0 bridgehead atoms. The molecule has 1 amide bonds. The molecule has 19 heavy (non-hydrogen) atoms. The number of carbonyl (C=O) groups excluding carboxylic acids is 1. The minimum Gasteiger partial charge on any atom is -0.384 e. The van der Waals surface area contributed by atoms with Crippen molar-refractivity contribution in [3.63, 3.8) is 0 Å². The highest BCUT2D eigenvalue weighted by Gasteiger charge is 2.04. The van der Waals surface area contributed by atoms with E-state index in [1.165, 1.54) is 0 Å². The first-order valence-electron chi connectivity index (χ1n) is 6.34. The lowest BCUT2D eigenvalue weighted by atomic mass is 10.1. The van der Waals surface area contributed by atoms with E-state index in [1.54, 1.807) is 14.2 Å². The first-order valence-corrected chi connectivity index (χ1v) is 6.34. The van der Waals surface area contributed by atoms with Gasteiger partial charge in [0.1, 0.15) is 0 Å². The van der Waals surface area contributed by atoms with E-state index >= 15 is 0 Å². The van der Waals surface area contributed by atoms with E-state index < -0.39 is 0 Å². The maximum atomic E-state index is 11.6. The molecule has 106 valence electrons. The lowest BCUT2D eigenvalue weighted by Crippen LogP contribution is -2.32. The normalized spacial score (nSPS) is 10.2. The average molecular weight is 266 g/mol. The lowest BCUT2D eigenvalue weighted by Gasteiger charge is -2.11. The summed E-state index contributed by atoms with van der Waals surface area (Å²) >= 11 is 0. The Bertz CT molecular complexity index is 383. The van der Waals surface area contributed by atoms with Crippen molar-refractivity contribution in [1.82, 2.24) is 5.32 Å². The number of nitrogens with one attached hydrogen (secondary N) is 2. The van der Waals surface area contributed by atoms with Crippen molar-refractivity contribution in [3.05, 3.63) is 29.8 Å². The molecular weight excluding hydrogens is 244 g/mol. The molecule has 0 aliphatic rings. The van der Waals surface area contributed by atoms with Gasteiger partial charge in [-0.1, -0.05) is 18.2 Å². The minimum absolute atomic E-state index is 0.0430. The molecule has 1 aromatic rings. The van der Waals surface area contributed by atoms with Gasteiger partial charge in [-0.25, -0.2) is 0 Å². The number of amides is 1. The standard InChI is InChI=1S/C14H22N2O3/c1-18-9-7-12-5-3-4-6-13(12)16-11-14(17)15-8-10-19-2/h3-6,16H,7-11H2,1-2H3,(H,15,17). The fourth-order valence-corrected chi connectivity index (χ4v) is 1.65. The number of benzene rings is 1. The Kier molecular flexibility index (Phi) is 7.62. The van der Waals surface area contributed by atoms with Gasteiger partial charge in [-0.05, 0) is 18.1 Å². The van der Waals surface area contributed by atoms with Crippen LogP contribution in [0.3, 0.4) is 0 Å². The molecule has 0 aromatic heterocycles. The van der Waals surface area contributed by atoms with Crippen molar-refractivity contribution in [1.29, 1.82) is 0 Å². The number of methoxy groups -OCH3 is 2. The van der Waals surface area contributed by atoms with Crippen LogP contribution in [0.4, 0.5) is 5.69 Å². The topological polar surface area (TPSA) is 59.6 Å². The smallest absolute Gasteiger partial charge is 0.239 e. The fraction of sp³-hybridized carbons (Fsp3) is 0.500. The second-order valence-corrected chi connectivity index (χ2v) is 4.10. The average Bonchev–Trinajstić information content (AvgIpc) is 2.44. The van der Waals surface area contributed by atoms with Gasteiger partial charge in [0.05, 0.1) is 19.8 Å². The van der Waals surface area contributed by atoms with Crippen molar-refractivity contribution in [2.45, 2.75) is 6.42 Å². The summed E-state index contributed by atoms with van der Waals surface area (Å²) in [5, 5.41) is 5.91. The Morgan fingerprint density at radius 3 is 2.63 bits per heavy atom. The number of hydrogen-bond donors (Lipinski definition) is 2. The van der Waals surface area contributed by atoms with Crippen molar-refractivity contribution in [3.8, 4) is 0 Å². The second-order valence-electron chi connectivity index (χ2n) is 4.10. The van der Waals surface area contributed by atoms with Crippen LogP contribution in [0.2, 0.25) is 0 Å². The summed E-state index contributed by atoms with van der Waals surface area (Å²) in [6.07, 6.45) is 0.824. The summed E-state index contributed by atoms with van der Waals surface area (Å²) in [6, 6.07) is 7.92. The van der Waals surface area contributed by atoms with Gasteiger partial charge in [0.25, 0.3) is 0 Å². The van der Waals surface area contributed by atoms with Crippen LogP contribution in [0, 0.1) is 0 Å². The zero-order valence-corrected chi connectivity index (χ0v) is 11.6. The van der Waals surface area contributed by atoms with Gasteiger partial charge in [-0.15, -0.1) is 0 Å². The number of para-hydroxylation sites is 1. The molecule has 2 N–H and O–H groups in total. The van der Waals surface area contributed by atoms with Crippen LogP contribution in [0.5, 0.6) is 0 Å². The van der Waals surface area contributed by atoms with Gasteiger partial charge in [0.15, 0.2) is 0 Å². The summed E-state index contributed by atoms with van der Waals surface area (Å²) < 4.78 is 9.94. The van der Waals surface area contributed by atoms with E-state index in [-0.39, 0.29) is 12.5 Å². The van der Waals surface area contributed by atoms with Crippen LogP contribution >= 0.6 is 0 Å². The van der Waals surface area contributed by atoms with Crippen molar-refractivity contribution in [2.75, 3.05) is 45.8 Å². The van der Waals surface area contributed by atoms with Crippen LogP contribution < -0.4 is 10.6 Å². The fourth-order valence-electron chi connectivity index (χ4n) is 1.65. The summed E-state index contributed by atoms with van der Waals surface area (Å²) in [6.45, 7) is 1.98. The number of anilines is 1. The molecule has 0 aliphatic heterocycles. The molecule has 0 spiro atoms. The van der Waals surface area contributed by atoms with Crippen LogP contribution in [0.25, 0.3) is 0 Å². The summed E-state index contributed by atoms with van der Waals surface area (Å²) in [5.41, 5.74) is 2.12. The van der Waals surface area contributed by atoms with Crippen LogP contribution in [0.1, 0.15) is 5.56 Å². The maximum Gasteiger partial charge on any atom is 0.239 e. The third-order valence-electron chi connectivity index (χ3n) is 2.66. The second kappa shape index (κ2) is 9.35. The monoisotopic (exact) mass is 266 g/mol. The van der Waals surface area contributed by atoms with Crippen molar-refractivity contribution in [2.24, 2.45) is 0 Å². The predicted molar refractivity (Wildman–Crippen MR) is 75.4 cm³/mol. The Morgan fingerprint density at radius 2 is 1.89 bits per heavy atom. The van der Waals surface area contributed by atoms with Crippen LogP contribution in [0.15, 0.2) is 24.3 Å². The summed E-state index contributed by atoms with van der Waals surface area (Å²) in [5.74, 6) is -0.0430. The third-order valence-corrected chi connectivity index (χ3v) is 2.66. The van der Waals surface area contributed by atoms with Gasteiger partial charge in [0.2, 0.25) is 5.91 Å². The molecule has 0 saturated carbocycles. The highest BCUT2D eigenvalue weighted by molar-refractivity contribution is 5.80. The van der Waals surface area contributed by atoms with Crippen molar-refractivity contribution < 1.29 is 14.3 Å². The van der Waals surface area contributed by atoms with E-state index in [0.29, 0.717) is 19.8 Å². The van der Waals surface area contributed by atoms with E-state index in [2.05, 4.69) is 10.6 Å². The Hall–Kier alpha value is -1.59. The number of hydrogen-bond acceptors (Lipinski definition) is 4. The first kappa shape index (κ1) is 15.5. The molecule has 1 aromatic carbocycles. The van der Waals surface area contributed by atoms with E-state index in [9.17, 15) is 4.79 Å². The van der Waals surface area contributed by atoms with Crippen molar-refractivity contribution >= 4 is 11.6 Å². The zero-order chi connectivity index (χ0) is 13.9. The van der Waals surface area contributed by atoms with Crippen LogP contribution in [-0.2, 0) is 20.7 Å². The minimum atomic E-state index is -0.0430. The summed E-state index contributed by atoms with van der Waals surface area (Å²) in [4.78, 5) is 11.6. The summed E-state index contributed by atoms with van der Waals surface area (Å²) in [7, 11) is 3.29. The highest BCUT2D eigenvalue weighted by Crippen LogP contribution is 2.15. The van der Waals surface area contributed by atoms with E-state index in [0.717, 1.165) is 17.7 Å². The van der Waals surface area contributed by atoms with Gasteiger partial charge in [-0.2, -0.15) is 0 Å². The zero-order valence-electron chi connectivity index (χ0n) is 11.6. The van der Waals surface area contributed by atoms with Gasteiger partial charge < -0.3 is 20.1 Å². The quantitative estimate of drug-likeness (QED) is 0.656. The number of carbonyl (C=O) groups is 1. The molecular formula is C14H22N2O3. The molecule has 0 heterocycles. The van der Waals surface area contributed by atoms with E-state index in [4.69, 9.17) is 9.47 Å². The van der Waals surface area contributed by atoms with Crippen LogP contribution in [-0.4, -0.2) is 46.4 Å².